The van der Waals surface area contributed by atoms with Gasteiger partial charge in [0.05, 0.1) is 12.2 Å². The predicted molar refractivity (Wildman–Crippen MR) is 87.8 cm³/mol. The first-order chi connectivity index (χ1) is 10.2. The topological polar surface area (TPSA) is 72.9 Å². The van der Waals surface area contributed by atoms with Crippen molar-refractivity contribution < 1.29 is 4.79 Å². The summed E-state index contributed by atoms with van der Waals surface area (Å²) in [5.41, 5.74) is 9.26. The predicted octanol–water partition coefficient (Wildman–Crippen LogP) is 2.02. The molecule has 1 aromatic heterocycles. The Kier molecular flexibility index (Phi) is 4.66. The van der Waals surface area contributed by atoms with Crippen molar-refractivity contribution in [1.29, 1.82) is 0 Å². The fourth-order valence-corrected chi connectivity index (χ4v) is 2.23. The fraction of sp³-hybridized carbons (Fsp3) is 0.412. The zero-order valence-corrected chi connectivity index (χ0v) is 13.7. The van der Waals surface area contributed by atoms with E-state index in [9.17, 15) is 4.79 Å². The molecule has 0 fully saturated rings. The molecule has 0 unspecified atom stereocenters. The van der Waals surface area contributed by atoms with E-state index in [2.05, 4.69) is 10.4 Å². The molecule has 0 spiro atoms. The van der Waals surface area contributed by atoms with Gasteiger partial charge in [-0.05, 0) is 51.5 Å². The summed E-state index contributed by atoms with van der Waals surface area (Å²) in [6.07, 6.45) is 0. The first kappa shape index (κ1) is 16.2. The van der Waals surface area contributed by atoms with Crippen molar-refractivity contribution in [3.05, 3.63) is 52.8 Å². The third-order valence-corrected chi connectivity index (χ3v) is 3.33. The molecular weight excluding hydrogens is 276 g/mol. The Morgan fingerprint density at radius 1 is 1.32 bits per heavy atom. The lowest BCUT2D eigenvalue weighted by Gasteiger charge is -2.19. The summed E-state index contributed by atoms with van der Waals surface area (Å²) in [5, 5.41) is 7.31. The number of aryl methyl sites for hydroxylation is 2. The van der Waals surface area contributed by atoms with Gasteiger partial charge >= 0.3 is 0 Å². The first-order valence-electron chi connectivity index (χ1n) is 7.42. The van der Waals surface area contributed by atoms with Crippen LogP contribution in [0.1, 0.15) is 41.2 Å². The second-order valence-electron chi connectivity index (χ2n) is 6.46. The normalized spacial score (nSPS) is 11.5. The van der Waals surface area contributed by atoms with Gasteiger partial charge in [-0.1, -0.05) is 12.1 Å². The molecule has 0 radical (unpaired) electrons. The summed E-state index contributed by atoms with van der Waals surface area (Å²) in [5.74, 6) is -0.103. The Hall–Kier alpha value is -2.14. The van der Waals surface area contributed by atoms with Gasteiger partial charge in [0.1, 0.15) is 0 Å². The Balaban J connectivity index is 2.09. The van der Waals surface area contributed by atoms with Crippen molar-refractivity contribution in [1.82, 2.24) is 15.1 Å². The Morgan fingerprint density at radius 3 is 2.64 bits per heavy atom. The first-order valence-corrected chi connectivity index (χ1v) is 7.42. The minimum absolute atomic E-state index is 0.103. The number of hydrogen-bond acceptors (Lipinski definition) is 3. The van der Waals surface area contributed by atoms with Crippen molar-refractivity contribution in [2.45, 2.75) is 39.8 Å². The third-order valence-electron chi connectivity index (χ3n) is 3.33. The van der Waals surface area contributed by atoms with Crippen molar-refractivity contribution in [2.24, 2.45) is 5.73 Å². The molecule has 0 saturated heterocycles. The van der Waals surface area contributed by atoms with Crippen molar-refractivity contribution >= 4 is 5.91 Å². The number of benzene rings is 1. The number of nitrogens with zero attached hydrogens (tertiary/aromatic N) is 2. The van der Waals surface area contributed by atoms with Gasteiger partial charge < -0.3 is 11.1 Å². The molecule has 0 saturated carbocycles. The molecule has 5 nitrogen and oxygen atoms in total. The molecule has 2 aromatic rings. The van der Waals surface area contributed by atoms with Crippen molar-refractivity contribution in [3.63, 3.8) is 0 Å². The highest BCUT2D eigenvalue weighted by atomic mass is 16.1. The van der Waals surface area contributed by atoms with Crippen LogP contribution < -0.4 is 11.1 Å². The fourth-order valence-electron chi connectivity index (χ4n) is 2.23. The van der Waals surface area contributed by atoms with E-state index in [0.717, 1.165) is 17.0 Å². The van der Waals surface area contributed by atoms with E-state index in [1.165, 1.54) is 0 Å². The van der Waals surface area contributed by atoms with E-state index in [-0.39, 0.29) is 5.91 Å². The number of carbonyl (C=O) groups is 1. The van der Waals surface area contributed by atoms with E-state index < -0.39 is 5.54 Å². The third kappa shape index (κ3) is 4.43. The van der Waals surface area contributed by atoms with Gasteiger partial charge in [-0.15, -0.1) is 0 Å². The SMILES string of the molecule is Cc1cc(C)n(Cc2cccc(C(=O)NCC(C)(C)N)c2)n1. The highest BCUT2D eigenvalue weighted by Gasteiger charge is 2.13. The zero-order chi connectivity index (χ0) is 16.3. The molecule has 3 N–H and O–H groups in total. The highest BCUT2D eigenvalue weighted by Crippen LogP contribution is 2.10. The number of hydrogen-bond donors (Lipinski definition) is 2. The summed E-state index contributed by atoms with van der Waals surface area (Å²) >= 11 is 0. The maximum absolute atomic E-state index is 12.2. The quantitative estimate of drug-likeness (QED) is 0.887. The molecule has 2 rings (SSSR count). The number of amides is 1. The van der Waals surface area contributed by atoms with Crippen LogP contribution in [-0.4, -0.2) is 27.8 Å². The standard InChI is InChI=1S/C17H24N4O/c1-12-8-13(2)21(20-12)10-14-6-5-7-15(9-14)16(22)19-11-17(3,4)18/h5-9H,10-11,18H2,1-4H3,(H,19,22). The number of carbonyl (C=O) groups excluding carboxylic acids is 1. The highest BCUT2D eigenvalue weighted by molar-refractivity contribution is 5.94. The molecule has 1 heterocycles. The summed E-state index contributed by atoms with van der Waals surface area (Å²) in [6.45, 7) is 8.86. The molecule has 0 atom stereocenters. The van der Waals surface area contributed by atoms with Crippen LogP contribution in [0.5, 0.6) is 0 Å². The number of nitrogens with one attached hydrogen (secondary N) is 1. The van der Waals surface area contributed by atoms with Crippen LogP contribution in [0, 0.1) is 13.8 Å². The molecule has 0 bridgehead atoms. The van der Waals surface area contributed by atoms with E-state index >= 15 is 0 Å². The molecule has 1 aromatic carbocycles. The lowest BCUT2D eigenvalue weighted by molar-refractivity contribution is 0.0946. The van der Waals surface area contributed by atoms with E-state index in [1.807, 2.05) is 62.7 Å². The van der Waals surface area contributed by atoms with Gasteiger partial charge in [-0.25, -0.2) is 0 Å². The second kappa shape index (κ2) is 6.32. The summed E-state index contributed by atoms with van der Waals surface area (Å²) in [4.78, 5) is 12.2. The minimum atomic E-state index is -0.420. The number of rotatable bonds is 5. The van der Waals surface area contributed by atoms with Crippen LogP contribution >= 0.6 is 0 Å². The van der Waals surface area contributed by atoms with Gasteiger partial charge in [0.15, 0.2) is 0 Å². The Bertz CT molecular complexity index is 668. The number of nitrogens with two attached hydrogens (primary N) is 1. The summed E-state index contributed by atoms with van der Waals surface area (Å²) in [6, 6.07) is 9.64. The minimum Gasteiger partial charge on any atom is -0.350 e. The van der Waals surface area contributed by atoms with Crippen molar-refractivity contribution in [3.8, 4) is 0 Å². The van der Waals surface area contributed by atoms with Gasteiger partial charge in [-0.3, -0.25) is 9.48 Å². The molecule has 0 aliphatic rings. The molecule has 118 valence electrons. The largest absolute Gasteiger partial charge is 0.350 e. The smallest absolute Gasteiger partial charge is 0.251 e. The molecule has 1 amide bonds. The van der Waals surface area contributed by atoms with Gasteiger partial charge in [0.2, 0.25) is 0 Å². The molecule has 0 aliphatic carbocycles. The number of aromatic nitrogens is 2. The van der Waals surface area contributed by atoms with Crippen LogP contribution in [-0.2, 0) is 6.54 Å². The van der Waals surface area contributed by atoms with Crippen LogP contribution in [0.3, 0.4) is 0 Å². The van der Waals surface area contributed by atoms with E-state index in [0.29, 0.717) is 18.7 Å². The lowest BCUT2D eigenvalue weighted by Crippen LogP contribution is -2.45. The molecular formula is C17H24N4O. The maximum atomic E-state index is 12.2. The maximum Gasteiger partial charge on any atom is 0.251 e. The van der Waals surface area contributed by atoms with E-state index in [4.69, 9.17) is 5.73 Å². The Labute approximate surface area is 131 Å². The summed E-state index contributed by atoms with van der Waals surface area (Å²) in [7, 11) is 0. The van der Waals surface area contributed by atoms with Crippen LogP contribution in [0.25, 0.3) is 0 Å². The van der Waals surface area contributed by atoms with Gasteiger partial charge in [0.25, 0.3) is 5.91 Å². The molecule has 0 aliphatic heterocycles. The zero-order valence-electron chi connectivity index (χ0n) is 13.7. The van der Waals surface area contributed by atoms with Gasteiger partial charge in [0, 0.05) is 23.3 Å². The second-order valence-corrected chi connectivity index (χ2v) is 6.46. The van der Waals surface area contributed by atoms with Gasteiger partial charge in [-0.2, -0.15) is 5.10 Å². The molecule has 22 heavy (non-hydrogen) atoms. The van der Waals surface area contributed by atoms with Crippen LogP contribution in [0.15, 0.2) is 30.3 Å². The average Bonchev–Trinajstić information content (AvgIpc) is 2.74. The van der Waals surface area contributed by atoms with Crippen molar-refractivity contribution in [2.75, 3.05) is 6.54 Å². The van der Waals surface area contributed by atoms with Crippen LogP contribution in [0.4, 0.5) is 0 Å². The molecule has 5 heteroatoms. The summed E-state index contributed by atoms with van der Waals surface area (Å²) < 4.78 is 1.94. The lowest BCUT2D eigenvalue weighted by atomic mass is 10.1. The van der Waals surface area contributed by atoms with Crippen LogP contribution in [0.2, 0.25) is 0 Å². The van der Waals surface area contributed by atoms with E-state index in [1.54, 1.807) is 0 Å². The average molecular weight is 300 g/mol. The monoisotopic (exact) mass is 300 g/mol. The Morgan fingerprint density at radius 2 is 2.05 bits per heavy atom.